The molecule has 1 aliphatic rings. The summed E-state index contributed by atoms with van der Waals surface area (Å²) in [6.07, 6.45) is 3.69. The molecule has 0 heterocycles. The van der Waals surface area contributed by atoms with Crippen LogP contribution in [-0.2, 0) is 6.54 Å². The Morgan fingerprint density at radius 1 is 1.37 bits per heavy atom. The molecule has 0 atom stereocenters. The van der Waals surface area contributed by atoms with Gasteiger partial charge in [0.25, 0.3) is 0 Å². The van der Waals surface area contributed by atoms with E-state index in [1.54, 1.807) is 0 Å². The summed E-state index contributed by atoms with van der Waals surface area (Å²) in [7, 11) is 4.17. The number of nitrogens with one attached hydrogen (secondary N) is 1. The van der Waals surface area contributed by atoms with Gasteiger partial charge in [-0.3, -0.25) is 0 Å². The van der Waals surface area contributed by atoms with Crippen LogP contribution in [0.25, 0.3) is 0 Å². The van der Waals surface area contributed by atoms with E-state index >= 15 is 0 Å². The Hall–Kier alpha value is -0.580. The average molecular weight is 327 g/mol. The van der Waals surface area contributed by atoms with E-state index in [2.05, 4.69) is 52.4 Å². The second-order valence-corrected chi connectivity index (χ2v) is 6.27. The third kappa shape index (κ3) is 5.51. The highest BCUT2D eigenvalue weighted by Crippen LogP contribution is 2.25. The Kier molecular flexibility index (Phi) is 5.67. The van der Waals surface area contributed by atoms with Crippen LogP contribution in [0.2, 0.25) is 0 Å². The van der Waals surface area contributed by atoms with Crippen LogP contribution in [-0.4, -0.2) is 38.2 Å². The number of halogens is 1. The molecular formula is C15H23BrN2O. The first-order chi connectivity index (χ1) is 9.15. The molecule has 19 heavy (non-hydrogen) atoms. The van der Waals surface area contributed by atoms with Crippen LogP contribution in [0.1, 0.15) is 24.8 Å². The molecule has 0 aromatic heterocycles. The third-order valence-electron chi connectivity index (χ3n) is 3.19. The van der Waals surface area contributed by atoms with E-state index < -0.39 is 0 Å². The predicted octanol–water partition coefficient (Wildman–Crippen LogP) is 3.03. The topological polar surface area (TPSA) is 24.5 Å². The summed E-state index contributed by atoms with van der Waals surface area (Å²) in [4.78, 5) is 2.18. The van der Waals surface area contributed by atoms with Gasteiger partial charge in [0.15, 0.2) is 0 Å². The molecule has 3 nitrogen and oxygen atoms in total. The number of hydrogen-bond acceptors (Lipinski definition) is 3. The fourth-order valence-electron chi connectivity index (χ4n) is 1.89. The minimum atomic E-state index is 0.733. The van der Waals surface area contributed by atoms with Gasteiger partial charge >= 0.3 is 0 Å². The Morgan fingerprint density at radius 3 is 2.84 bits per heavy atom. The zero-order chi connectivity index (χ0) is 13.7. The summed E-state index contributed by atoms with van der Waals surface area (Å²) in [6.45, 7) is 2.75. The molecule has 1 aliphatic carbocycles. The van der Waals surface area contributed by atoms with Crippen molar-refractivity contribution in [3.63, 3.8) is 0 Å². The third-order valence-corrected chi connectivity index (χ3v) is 3.97. The predicted molar refractivity (Wildman–Crippen MR) is 82.7 cm³/mol. The smallest absolute Gasteiger partial charge is 0.119 e. The lowest BCUT2D eigenvalue weighted by Crippen LogP contribution is -2.16. The van der Waals surface area contributed by atoms with Gasteiger partial charge in [0.1, 0.15) is 5.75 Å². The van der Waals surface area contributed by atoms with Gasteiger partial charge in [-0.1, -0.05) is 15.9 Å². The molecule has 106 valence electrons. The lowest BCUT2D eigenvalue weighted by molar-refractivity contribution is 0.281. The van der Waals surface area contributed by atoms with Crippen molar-refractivity contribution in [1.29, 1.82) is 0 Å². The van der Waals surface area contributed by atoms with Crippen LogP contribution in [0, 0.1) is 0 Å². The van der Waals surface area contributed by atoms with Crippen LogP contribution in [0.3, 0.4) is 0 Å². The lowest BCUT2D eigenvalue weighted by Gasteiger charge is -2.12. The zero-order valence-corrected chi connectivity index (χ0v) is 13.4. The van der Waals surface area contributed by atoms with E-state index in [1.165, 1.54) is 18.4 Å². The molecule has 1 aromatic carbocycles. The zero-order valence-electron chi connectivity index (χ0n) is 11.8. The molecule has 1 aromatic rings. The van der Waals surface area contributed by atoms with Crippen LogP contribution in [0.4, 0.5) is 0 Å². The van der Waals surface area contributed by atoms with Crippen molar-refractivity contribution in [2.24, 2.45) is 0 Å². The number of rotatable bonds is 8. The Balaban J connectivity index is 1.80. The van der Waals surface area contributed by atoms with Gasteiger partial charge in [0, 0.05) is 23.6 Å². The highest BCUT2D eigenvalue weighted by Gasteiger charge is 2.20. The quantitative estimate of drug-likeness (QED) is 0.743. The summed E-state index contributed by atoms with van der Waals surface area (Å²) >= 11 is 3.60. The fraction of sp³-hybridized carbons (Fsp3) is 0.600. The number of hydrogen-bond donors (Lipinski definition) is 1. The van der Waals surface area contributed by atoms with E-state index in [4.69, 9.17) is 4.74 Å². The van der Waals surface area contributed by atoms with Gasteiger partial charge in [0.05, 0.1) is 6.61 Å². The highest BCUT2D eigenvalue weighted by atomic mass is 79.9. The largest absolute Gasteiger partial charge is 0.494 e. The molecule has 0 amide bonds. The van der Waals surface area contributed by atoms with E-state index in [0.717, 1.165) is 42.4 Å². The molecule has 0 saturated heterocycles. The van der Waals surface area contributed by atoms with Gasteiger partial charge in [-0.05, 0) is 57.1 Å². The fourth-order valence-corrected chi connectivity index (χ4v) is 2.28. The van der Waals surface area contributed by atoms with Gasteiger partial charge < -0.3 is 15.0 Å². The highest BCUT2D eigenvalue weighted by molar-refractivity contribution is 9.10. The maximum Gasteiger partial charge on any atom is 0.119 e. The molecule has 1 fully saturated rings. The van der Waals surface area contributed by atoms with E-state index in [0.29, 0.717) is 0 Å². The van der Waals surface area contributed by atoms with Crippen molar-refractivity contribution >= 4 is 15.9 Å². The number of ether oxygens (including phenoxy) is 1. The molecule has 1 saturated carbocycles. The summed E-state index contributed by atoms with van der Waals surface area (Å²) in [5, 5.41) is 3.53. The molecule has 4 heteroatoms. The minimum Gasteiger partial charge on any atom is -0.494 e. The summed E-state index contributed by atoms with van der Waals surface area (Å²) in [5.74, 6) is 0.967. The van der Waals surface area contributed by atoms with Crippen LogP contribution in [0.5, 0.6) is 5.75 Å². The first-order valence-corrected chi connectivity index (χ1v) is 7.74. The summed E-state index contributed by atoms with van der Waals surface area (Å²) in [5.41, 5.74) is 1.28. The number of benzene rings is 1. The normalized spacial score (nSPS) is 14.9. The minimum absolute atomic E-state index is 0.733. The molecule has 0 bridgehead atoms. The Morgan fingerprint density at radius 2 is 2.16 bits per heavy atom. The van der Waals surface area contributed by atoms with Gasteiger partial charge in [-0.2, -0.15) is 0 Å². The van der Waals surface area contributed by atoms with E-state index in [9.17, 15) is 0 Å². The van der Waals surface area contributed by atoms with Crippen molar-refractivity contribution < 1.29 is 4.74 Å². The van der Waals surface area contributed by atoms with Gasteiger partial charge in [-0.25, -0.2) is 0 Å². The molecule has 1 N–H and O–H groups in total. The second kappa shape index (κ2) is 7.27. The van der Waals surface area contributed by atoms with Crippen molar-refractivity contribution in [1.82, 2.24) is 10.2 Å². The van der Waals surface area contributed by atoms with Crippen molar-refractivity contribution in [3.8, 4) is 5.75 Å². The first kappa shape index (κ1) is 14.8. The van der Waals surface area contributed by atoms with Crippen LogP contribution < -0.4 is 10.1 Å². The monoisotopic (exact) mass is 326 g/mol. The van der Waals surface area contributed by atoms with E-state index in [1.807, 2.05) is 6.07 Å². The molecule has 2 rings (SSSR count). The maximum atomic E-state index is 5.80. The molecule has 0 aliphatic heterocycles. The lowest BCUT2D eigenvalue weighted by atomic mass is 10.2. The average Bonchev–Trinajstić information content (AvgIpc) is 3.18. The van der Waals surface area contributed by atoms with Crippen LogP contribution >= 0.6 is 15.9 Å². The Bertz CT molecular complexity index is 405. The molecule has 0 spiro atoms. The molecule has 0 unspecified atom stereocenters. The van der Waals surface area contributed by atoms with Crippen molar-refractivity contribution in [2.45, 2.75) is 31.8 Å². The van der Waals surface area contributed by atoms with Gasteiger partial charge in [-0.15, -0.1) is 0 Å². The maximum absolute atomic E-state index is 5.80. The van der Waals surface area contributed by atoms with Crippen molar-refractivity contribution in [3.05, 3.63) is 28.2 Å². The Labute approximate surface area is 124 Å². The number of nitrogens with zero attached hydrogens (tertiary/aromatic N) is 1. The first-order valence-electron chi connectivity index (χ1n) is 6.94. The molecular weight excluding hydrogens is 304 g/mol. The molecule has 0 radical (unpaired) electrons. The second-order valence-electron chi connectivity index (χ2n) is 5.41. The van der Waals surface area contributed by atoms with Crippen LogP contribution in [0.15, 0.2) is 22.7 Å². The SMILES string of the molecule is CN(C)CCCOc1ccc(Br)c(CNC2CC2)c1. The standard InChI is InChI=1S/C15H23BrN2O/c1-18(2)8-3-9-19-14-6-7-15(16)12(10-14)11-17-13-4-5-13/h6-7,10,13,17H,3-5,8-9,11H2,1-2H3. The van der Waals surface area contributed by atoms with Gasteiger partial charge in [0.2, 0.25) is 0 Å². The van der Waals surface area contributed by atoms with Crippen molar-refractivity contribution in [2.75, 3.05) is 27.2 Å². The summed E-state index contributed by atoms with van der Waals surface area (Å²) in [6, 6.07) is 6.97. The summed E-state index contributed by atoms with van der Waals surface area (Å²) < 4.78 is 6.95. The van der Waals surface area contributed by atoms with E-state index in [-0.39, 0.29) is 0 Å².